The van der Waals surface area contributed by atoms with E-state index in [4.69, 9.17) is 0 Å². The molecule has 0 aliphatic heterocycles. The molecule has 0 amide bonds. The molecule has 1 aliphatic carbocycles. The van der Waals surface area contributed by atoms with Crippen molar-refractivity contribution in [2.45, 2.75) is 97.1 Å². The van der Waals surface area contributed by atoms with Gasteiger partial charge in [0, 0.05) is 16.5 Å². The molecule has 0 heterocycles. The third kappa shape index (κ3) is 6.12. The lowest BCUT2D eigenvalue weighted by Gasteiger charge is -2.33. The smallest absolute Gasteiger partial charge is 0.127 e. The van der Waals surface area contributed by atoms with Gasteiger partial charge < -0.3 is 0 Å². The first-order chi connectivity index (χ1) is 15.5. The second kappa shape index (κ2) is 10.1. The molecule has 0 spiro atoms. The van der Waals surface area contributed by atoms with E-state index in [0.29, 0.717) is 0 Å². The molecule has 2 aromatic carbocycles. The summed E-state index contributed by atoms with van der Waals surface area (Å²) in [4.78, 5) is 0. The van der Waals surface area contributed by atoms with Gasteiger partial charge in [0.25, 0.3) is 0 Å². The fourth-order valence-electron chi connectivity index (χ4n) is 4.79. The first kappa shape index (κ1) is 25.6. The summed E-state index contributed by atoms with van der Waals surface area (Å²) in [6.45, 7) is 18.5. The zero-order chi connectivity index (χ0) is 24.3. The number of rotatable bonds is 6. The standard InChI is InChI=1S/C31H42Si2/c1-9-11-19-31(20-12-10-2)29-23-25(17-21-32(3,4)5)13-15-27(29)28-16-14-26(24-30(28)31)18-22-33(6,7)8/h13-16,23-24H,9-12,19-20H2,1-8H3. The summed E-state index contributed by atoms with van der Waals surface area (Å²) in [5.74, 6) is 7.07. The highest BCUT2D eigenvalue weighted by atomic mass is 28.3. The van der Waals surface area contributed by atoms with E-state index in [0.717, 1.165) is 0 Å². The molecule has 0 bridgehead atoms. The van der Waals surface area contributed by atoms with Crippen LogP contribution < -0.4 is 0 Å². The van der Waals surface area contributed by atoms with E-state index in [1.165, 1.54) is 71.9 Å². The SMILES string of the molecule is CCCCC1(CCCC)c2cc(C#C[Si](C)(C)C)ccc2-c2ccc(C#C[Si](C)(C)C)cc21. The molecular formula is C31H42Si2. The predicted molar refractivity (Wildman–Crippen MR) is 152 cm³/mol. The monoisotopic (exact) mass is 470 g/mol. The van der Waals surface area contributed by atoms with Crippen LogP contribution in [0.15, 0.2) is 36.4 Å². The molecule has 0 atom stereocenters. The summed E-state index contributed by atoms with van der Waals surface area (Å²) in [6, 6.07) is 14.0. The van der Waals surface area contributed by atoms with E-state index >= 15 is 0 Å². The summed E-state index contributed by atoms with van der Waals surface area (Å²) < 4.78 is 0. The fourth-order valence-corrected chi connectivity index (χ4v) is 5.83. The Morgan fingerprint density at radius 2 is 1.03 bits per heavy atom. The van der Waals surface area contributed by atoms with Gasteiger partial charge in [0.2, 0.25) is 0 Å². The summed E-state index contributed by atoms with van der Waals surface area (Å²) >= 11 is 0. The first-order valence-corrected chi connectivity index (χ1v) is 19.8. The minimum Gasteiger partial charge on any atom is -0.127 e. The van der Waals surface area contributed by atoms with Crippen LogP contribution in [0.3, 0.4) is 0 Å². The Morgan fingerprint density at radius 3 is 1.36 bits per heavy atom. The van der Waals surface area contributed by atoms with Crippen molar-refractivity contribution in [1.29, 1.82) is 0 Å². The number of hydrogen-bond acceptors (Lipinski definition) is 0. The lowest BCUT2D eigenvalue weighted by molar-refractivity contribution is 0.414. The van der Waals surface area contributed by atoms with Crippen LogP contribution in [0.1, 0.15) is 74.6 Å². The Labute approximate surface area is 205 Å². The number of unbranched alkanes of at least 4 members (excludes halogenated alkanes) is 2. The molecule has 33 heavy (non-hydrogen) atoms. The van der Waals surface area contributed by atoms with Gasteiger partial charge in [-0.1, -0.05) is 103 Å². The van der Waals surface area contributed by atoms with E-state index in [1.807, 2.05) is 0 Å². The molecule has 0 fully saturated rings. The van der Waals surface area contributed by atoms with Crippen LogP contribution in [0, 0.1) is 22.9 Å². The van der Waals surface area contributed by atoms with Crippen molar-refractivity contribution < 1.29 is 0 Å². The Balaban J connectivity index is 2.21. The fraction of sp³-hybridized carbons (Fsp3) is 0.484. The molecular weight excluding hydrogens is 429 g/mol. The Kier molecular flexibility index (Phi) is 7.83. The molecule has 1 aliphatic rings. The minimum absolute atomic E-state index is 0.0877. The van der Waals surface area contributed by atoms with E-state index < -0.39 is 16.1 Å². The molecule has 0 radical (unpaired) electrons. The minimum atomic E-state index is -1.41. The van der Waals surface area contributed by atoms with Crippen LogP contribution in [-0.2, 0) is 5.41 Å². The van der Waals surface area contributed by atoms with Gasteiger partial charge in [0.05, 0.1) is 0 Å². The van der Waals surface area contributed by atoms with Gasteiger partial charge in [-0.05, 0) is 59.4 Å². The van der Waals surface area contributed by atoms with Crippen molar-refractivity contribution in [3.05, 3.63) is 58.7 Å². The molecule has 0 saturated heterocycles. The molecule has 0 nitrogen and oxygen atoms in total. The van der Waals surface area contributed by atoms with Gasteiger partial charge in [-0.3, -0.25) is 0 Å². The summed E-state index contributed by atoms with van der Waals surface area (Å²) in [5, 5.41) is 0. The van der Waals surface area contributed by atoms with Crippen LogP contribution in [0.2, 0.25) is 39.3 Å². The molecule has 0 saturated carbocycles. The third-order valence-corrected chi connectivity index (χ3v) is 8.19. The molecule has 2 aromatic rings. The maximum Gasteiger partial charge on any atom is 0.129 e. The molecule has 174 valence electrons. The average Bonchev–Trinajstić information content (AvgIpc) is 3.01. The predicted octanol–water partition coefficient (Wildman–Crippen LogP) is 8.79. The summed E-state index contributed by atoms with van der Waals surface area (Å²) in [7, 11) is -2.82. The van der Waals surface area contributed by atoms with Crippen LogP contribution in [0.4, 0.5) is 0 Å². The lowest BCUT2D eigenvalue weighted by Crippen LogP contribution is -2.25. The topological polar surface area (TPSA) is 0 Å². The van der Waals surface area contributed by atoms with Crippen molar-refractivity contribution in [1.82, 2.24) is 0 Å². The van der Waals surface area contributed by atoms with Gasteiger partial charge in [-0.15, -0.1) is 11.1 Å². The van der Waals surface area contributed by atoms with E-state index in [9.17, 15) is 0 Å². The maximum atomic E-state index is 3.58. The Morgan fingerprint density at radius 1 is 0.636 bits per heavy atom. The third-order valence-electron chi connectivity index (χ3n) is 6.44. The highest BCUT2D eigenvalue weighted by Crippen LogP contribution is 2.54. The van der Waals surface area contributed by atoms with Crippen molar-refractivity contribution in [2.75, 3.05) is 0 Å². The second-order valence-corrected chi connectivity index (χ2v) is 21.3. The van der Waals surface area contributed by atoms with Gasteiger partial charge in [-0.2, -0.15) is 0 Å². The lowest BCUT2D eigenvalue weighted by atomic mass is 9.70. The molecule has 2 heteroatoms. The molecule has 3 rings (SSSR count). The molecule has 0 N–H and O–H groups in total. The quantitative estimate of drug-likeness (QED) is 0.292. The summed E-state index contributed by atoms with van der Waals surface area (Å²) in [6.07, 6.45) is 7.36. The number of fused-ring (bicyclic) bond motifs is 3. The van der Waals surface area contributed by atoms with Crippen molar-refractivity contribution in [3.63, 3.8) is 0 Å². The normalized spacial score (nSPS) is 13.9. The highest BCUT2D eigenvalue weighted by molar-refractivity contribution is 6.84. The molecule has 0 aromatic heterocycles. The van der Waals surface area contributed by atoms with E-state index in [2.05, 4.69) is 112 Å². The highest BCUT2D eigenvalue weighted by Gasteiger charge is 2.42. The van der Waals surface area contributed by atoms with Crippen molar-refractivity contribution >= 4 is 16.1 Å². The van der Waals surface area contributed by atoms with Crippen molar-refractivity contribution in [2.24, 2.45) is 0 Å². The van der Waals surface area contributed by atoms with Gasteiger partial charge in [0.1, 0.15) is 16.1 Å². The number of hydrogen-bond donors (Lipinski definition) is 0. The molecule has 0 unspecified atom stereocenters. The Bertz CT molecular complexity index is 1030. The van der Waals surface area contributed by atoms with Gasteiger partial charge >= 0.3 is 0 Å². The van der Waals surface area contributed by atoms with Gasteiger partial charge in [-0.25, -0.2) is 0 Å². The maximum absolute atomic E-state index is 3.58. The van der Waals surface area contributed by atoms with E-state index in [1.54, 1.807) is 0 Å². The van der Waals surface area contributed by atoms with Crippen LogP contribution in [0.25, 0.3) is 11.1 Å². The zero-order valence-electron chi connectivity index (χ0n) is 22.2. The average molecular weight is 471 g/mol. The summed E-state index contributed by atoms with van der Waals surface area (Å²) in [5.41, 5.74) is 15.5. The first-order valence-electron chi connectivity index (χ1n) is 12.8. The van der Waals surface area contributed by atoms with Gasteiger partial charge in [0.15, 0.2) is 0 Å². The second-order valence-electron chi connectivity index (χ2n) is 11.8. The zero-order valence-corrected chi connectivity index (χ0v) is 24.2. The van der Waals surface area contributed by atoms with Crippen LogP contribution in [-0.4, -0.2) is 16.1 Å². The number of benzene rings is 2. The van der Waals surface area contributed by atoms with Crippen LogP contribution >= 0.6 is 0 Å². The van der Waals surface area contributed by atoms with Crippen LogP contribution in [0.5, 0.6) is 0 Å². The van der Waals surface area contributed by atoms with Crippen molar-refractivity contribution in [3.8, 4) is 34.1 Å². The largest absolute Gasteiger partial charge is 0.129 e. The van der Waals surface area contributed by atoms with E-state index in [-0.39, 0.29) is 5.41 Å². The Hall–Kier alpha value is -2.01.